The average Bonchev–Trinajstić information content (AvgIpc) is 2.74. The number of benzene rings is 1. The number of aromatic hydroxyl groups is 1. The van der Waals surface area contributed by atoms with Crippen molar-refractivity contribution in [1.29, 1.82) is 5.41 Å². The van der Waals surface area contributed by atoms with Crippen LogP contribution in [0, 0.1) is 5.41 Å². The van der Waals surface area contributed by atoms with Crippen molar-refractivity contribution in [3.8, 4) is 11.5 Å². The van der Waals surface area contributed by atoms with Crippen LogP contribution in [0.5, 0.6) is 11.5 Å². The summed E-state index contributed by atoms with van der Waals surface area (Å²) in [6.45, 7) is 2.59. The molecule has 0 spiro atoms. The zero-order chi connectivity index (χ0) is 22.2. The quantitative estimate of drug-likeness (QED) is 0.331. The fraction of sp³-hybridized carbons (Fsp3) is 0.500. The summed E-state index contributed by atoms with van der Waals surface area (Å²) in [5.74, 6) is 1.43. The molecule has 0 atom stereocenters. The largest absolute Gasteiger partial charge is 0.508 e. The molecule has 1 saturated carbocycles. The van der Waals surface area contributed by atoms with Crippen molar-refractivity contribution in [3.63, 3.8) is 0 Å². The summed E-state index contributed by atoms with van der Waals surface area (Å²) in [6, 6.07) is 5.49. The summed E-state index contributed by atoms with van der Waals surface area (Å²) in [6.07, 6.45) is 11.5. The normalized spacial score (nSPS) is 15.1. The van der Waals surface area contributed by atoms with E-state index in [4.69, 9.17) is 10.1 Å². The van der Waals surface area contributed by atoms with Gasteiger partial charge in [-0.3, -0.25) is 5.41 Å². The maximum atomic E-state index is 9.70. The fourth-order valence-electron chi connectivity index (χ4n) is 4.19. The number of anilines is 2. The number of nitrogens with one attached hydrogen (secondary N) is 3. The van der Waals surface area contributed by atoms with E-state index < -0.39 is 0 Å². The Hall–Kier alpha value is -2.28. The molecule has 4 N–H and O–H groups in total. The van der Waals surface area contributed by atoms with E-state index in [0.717, 1.165) is 41.6 Å². The Morgan fingerprint density at radius 2 is 1.90 bits per heavy atom. The van der Waals surface area contributed by atoms with Gasteiger partial charge in [0.15, 0.2) is 0 Å². The van der Waals surface area contributed by atoms with E-state index in [1.807, 2.05) is 12.3 Å². The van der Waals surface area contributed by atoms with Crippen LogP contribution >= 0.6 is 15.9 Å². The first kappa shape index (κ1) is 23.4. The molecule has 0 saturated heterocycles. The average molecular weight is 489 g/mol. The van der Waals surface area contributed by atoms with E-state index >= 15 is 0 Å². The first-order chi connectivity index (χ1) is 15.0. The molecule has 168 valence electrons. The third-order valence-electron chi connectivity index (χ3n) is 5.93. The number of phenols is 1. The molecular formula is C24H33BrN4O2. The third-order valence-corrected chi connectivity index (χ3v) is 6.32. The van der Waals surface area contributed by atoms with Crippen molar-refractivity contribution in [2.24, 2.45) is 0 Å². The first-order valence-corrected chi connectivity index (χ1v) is 11.9. The number of aromatic nitrogens is 1. The molecule has 1 aliphatic rings. The molecular weight excluding hydrogens is 456 g/mol. The van der Waals surface area contributed by atoms with Gasteiger partial charge in [-0.05, 0) is 52.9 Å². The molecule has 0 aliphatic heterocycles. The van der Waals surface area contributed by atoms with Crippen molar-refractivity contribution < 1.29 is 9.84 Å². The highest BCUT2D eigenvalue weighted by Crippen LogP contribution is 2.33. The Morgan fingerprint density at radius 3 is 2.55 bits per heavy atom. The van der Waals surface area contributed by atoms with Crippen LogP contribution in [0.25, 0.3) is 0 Å². The van der Waals surface area contributed by atoms with Crippen molar-refractivity contribution >= 4 is 32.1 Å². The van der Waals surface area contributed by atoms with Crippen LogP contribution in [0.2, 0.25) is 0 Å². The fourth-order valence-corrected chi connectivity index (χ4v) is 4.58. The van der Waals surface area contributed by atoms with Gasteiger partial charge in [-0.2, -0.15) is 0 Å². The molecule has 1 aliphatic carbocycles. The van der Waals surface area contributed by atoms with Gasteiger partial charge < -0.3 is 20.5 Å². The number of phenolic OH excluding ortho intramolecular Hbond substituents is 1. The number of pyridine rings is 1. The second kappa shape index (κ2) is 11.4. The Morgan fingerprint density at radius 1 is 1.19 bits per heavy atom. The van der Waals surface area contributed by atoms with E-state index in [-0.39, 0.29) is 5.75 Å². The highest BCUT2D eigenvalue weighted by Gasteiger charge is 2.20. The van der Waals surface area contributed by atoms with Gasteiger partial charge in [-0.15, -0.1) is 0 Å². The Labute approximate surface area is 193 Å². The summed E-state index contributed by atoms with van der Waals surface area (Å²) in [5.41, 5.74) is 3.79. The van der Waals surface area contributed by atoms with E-state index in [9.17, 15) is 5.11 Å². The molecule has 0 bridgehead atoms. The maximum Gasteiger partial charge on any atom is 0.138 e. The lowest BCUT2D eigenvalue weighted by molar-refractivity contribution is 0.403. The van der Waals surface area contributed by atoms with Gasteiger partial charge in [-0.25, -0.2) is 4.98 Å². The van der Waals surface area contributed by atoms with Gasteiger partial charge in [0.1, 0.15) is 21.9 Å². The lowest BCUT2D eigenvalue weighted by atomic mass is 9.95. The number of ether oxygens (including phenoxy) is 1. The summed E-state index contributed by atoms with van der Waals surface area (Å²) in [5, 5.41) is 25.3. The van der Waals surface area contributed by atoms with Gasteiger partial charge in [-0.1, -0.05) is 39.0 Å². The number of nitrogens with zero attached hydrogens (tertiary/aromatic N) is 1. The number of hydrogen-bond donors (Lipinski definition) is 4. The molecule has 1 aromatic carbocycles. The molecule has 1 heterocycles. The van der Waals surface area contributed by atoms with Crippen LogP contribution in [0.3, 0.4) is 0 Å². The minimum Gasteiger partial charge on any atom is -0.508 e. The molecule has 1 fully saturated rings. The van der Waals surface area contributed by atoms with Gasteiger partial charge in [0.25, 0.3) is 0 Å². The van der Waals surface area contributed by atoms with Crippen LogP contribution in [0.15, 0.2) is 24.4 Å². The molecule has 0 radical (unpaired) electrons. The summed E-state index contributed by atoms with van der Waals surface area (Å²) < 4.78 is 5.70. The number of aryl methyl sites for hydroxylation is 1. The predicted octanol–water partition coefficient (Wildman–Crippen LogP) is 6.22. The third kappa shape index (κ3) is 6.12. The predicted molar refractivity (Wildman–Crippen MR) is 131 cm³/mol. The second-order valence-corrected chi connectivity index (χ2v) is 8.88. The SMILES string of the molecule is CCc1cnc(NCc2ccc(O)cc2OC)c(C(=N)Br)c1NC1CCCCCCC1. The van der Waals surface area contributed by atoms with Gasteiger partial charge in [0.2, 0.25) is 0 Å². The minimum absolute atomic E-state index is 0.166. The Balaban J connectivity index is 1.88. The smallest absolute Gasteiger partial charge is 0.138 e. The minimum atomic E-state index is 0.166. The number of halogens is 1. The highest BCUT2D eigenvalue weighted by atomic mass is 79.9. The van der Waals surface area contributed by atoms with E-state index in [0.29, 0.717) is 28.8 Å². The van der Waals surface area contributed by atoms with Crippen LogP contribution < -0.4 is 15.4 Å². The number of rotatable bonds is 8. The van der Waals surface area contributed by atoms with E-state index in [2.05, 4.69) is 38.5 Å². The zero-order valence-corrected chi connectivity index (χ0v) is 20.0. The monoisotopic (exact) mass is 488 g/mol. The molecule has 0 amide bonds. The molecule has 31 heavy (non-hydrogen) atoms. The highest BCUT2D eigenvalue weighted by molar-refractivity contribution is 9.18. The van der Waals surface area contributed by atoms with E-state index in [1.54, 1.807) is 19.2 Å². The molecule has 7 heteroatoms. The molecule has 2 aromatic rings. The molecule has 3 rings (SSSR count). The van der Waals surface area contributed by atoms with Crippen LogP contribution in [0.4, 0.5) is 11.5 Å². The lowest BCUT2D eigenvalue weighted by Gasteiger charge is -2.26. The lowest BCUT2D eigenvalue weighted by Crippen LogP contribution is -2.23. The van der Waals surface area contributed by atoms with Crippen molar-refractivity contribution in [3.05, 3.63) is 41.1 Å². The standard InChI is InChI=1S/C24H33BrN4O2/c1-3-16-14-27-24(28-15-17-11-12-19(30)13-20(17)31-2)21(23(25)26)22(16)29-18-9-7-5-4-6-8-10-18/h11-14,18,26,30H,3-10,15H2,1-2H3,(H2,27,28,29). The summed E-state index contributed by atoms with van der Waals surface area (Å²) in [7, 11) is 1.59. The second-order valence-electron chi connectivity index (χ2n) is 8.09. The van der Waals surface area contributed by atoms with E-state index in [1.165, 1.54) is 32.1 Å². The van der Waals surface area contributed by atoms with Crippen LogP contribution in [0.1, 0.15) is 68.6 Å². The van der Waals surface area contributed by atoms with Crippen molar-refractivity contribution in [1.82, 2.24) is 4.98 Å². The number of hydrogen-bond acceptors (Lipinski definition) is 6. The summed E-state index contributed by atoms with van der Waals surface area (Å²) >= 11 is 3.41. The molecule has 6 nitrogen and oxygen atoms in total. The topological polar surface area (TPSA) is 90.3 Å². The van der Waals surface area contributed by atoms with Crippen molar-refractivity contribution in [2.75, 3.05) is 17.7 Å². The summed E-state index contributed by atoms with van der Waals surface area (Å²) in [4.78, 5) is 4.63. The Kier molecular flexibility index (Phi) is 8.58. The first-order valence-electron chi connectivity index (χ1n) is 11.2. The maximum absolute atomic E-state index is 9.70. The van der Waals surface area contributed by atoms with Crippen molar-refractivity contribution in [2.45, 2.75) is 70.9 Å². The Bertz CT molecular complexity index is 895. The van der Waals surface area contributed by atoms with Crippen LogP contribution in [-0.2, 0) is 13.0 Å². The number of methoxy groups -OCH3 is 1. The zero-order valence-electron chi connectivity index (χ0n) is 18.4. The van der Waals surface area contributed by atoms with Crippen LogP contribution in [-0.4, -0.2) is 27.9 Å². The van der Waals surface area contributed by atoms with Gasteiger partial charge in [0, 0.05) is 30.4 Å². The molecule has 1 aromatic heterocycles. The van der Waals surface area contributed by atoms with Gasteiger partial charge in [0.05, 0.1) is 18.4 Å². The molecule has 0 unspecified atom stereocenters. The van der Waals surface area contributed by atoms with Gasteiger partial charge >= 0.3 is 0 Å².